The number of benzene rings is 3. The lowest BCUT2D eigenvalue weighted by molar-refractivity contribution is -0.132. The maximum atomic E-state index is 13.5. The van der Waals surface area contributed by atoms with Gasteiger partial charge in [-0.25, -0.2) is 0 Å². The molecular formula is C31H29N3O5S2. The third-order valence-corrected chi connectivity index (χ3v) is 8.68. The van der Waals surface area contributed by atoms with E-state index in [0.29, 0.717) is 39.3 Å². The van der Waals surface area contributed by atoms with Crippen molar-refractivity contribution in [1.82, 2.24) is 10.2 Å². The number of amides is 1. The number of hydrogen-bond donors (Lipinski definition) is 1. The molecule has 1 fully saturated rings. The Morgan fingerprint density at radius 1 is 1.00 bits per heavy atom. The molecule has 10 heteroatoms. The number of nitrogens with zero attached hydrogens (tertiary/aromatic N) is 3. The summed E-state index contributed by atoms with van der Waals surface area (Å²) < 4.78 is 11.8. The minimum absolute atomic E-state index is 0.0309. The van der Waals surface area contributed by atoms with Crippen LogP contribution in [0.1, 0.15) is 42.5 Å². The summed E-state index contributed by atoms with van der Waals surface area (Å²) in [5.74, 6) is 0.0438. The number of hydrogen-bond acceptors (Lipinski definition) is 9. The van der Waals surface area contributed by atoms with Crippen LogP contribution in [0, 0.1) is 0 Å². The molecular weight excluding hydrogens is 558 g/mol. The van der Waals surface area contributed by atoms with Crippen LogP contribution < -0.4 is 14.4 Å². The van der Waals surface area contributed by atoms with E-state index in [1.54, 1.807) is 55.6 Å². The Morgan fingerprint density at radius 3 is 2.51 bits per heavy atom. The van der Waals surface area contributed by atoms with Gasteiger partial charge in [0.2, 0.25) is 5.13 Å². The summed E-state index contributed by atoms with van der Waals surface area (Å²) in [4.78, 5) is 28.3. The number of thioether (sulfide) groups is 1. The van der Waals surface area contributed by atoms with Crippen molar-refractivity contribution in [3.8, 4) is 11.5 Å². The van der Waals surface area contributed by atoms with E-state index in [2.05, 4.69) is 17.1 Å². The minimum Gasteiger partial charge on any atom is -0.507 e. The molecule has 1 aliphatic heterocycles. The molecule has 0 saturated carbocycles. The molecule has 5 rings (SSSR count). The number of aliphatic hydroxyl groups excluding tert-OH is 1. The zero-order valence-corrected chi connectivity index (χ0v) is 24.3. The second kappa shape index (κ2) is 13.0. The molecule has 41 heavy (non-hydrogen) atoms. The number of carbonyl (C=O) groups excluding carboxylic acids is 2. The monoisotopic (exact) mass is 587 g/mol. The van der Waals surface area contributed by atoms with Crippen LogP contribution in [-0.2, 0) is 15.3 Å². The molecule has 2 heterocycles. The summed E-state index contributed by atoms with van der Waals surface area (Å²) in [6.45, 7) is 2.68. The Hall–Kier alpha value is -4.15. The van der Waals surface area contributed by atoms with Gasteiger partial charge in [-0.2, -0.15) is 0 Å². The van der Waals surface area contributed by atoms with Gasteiger partial charge in [-0.05, 0) is 53.9 Å². The third-order valence-electron chi connectivity index (χ3n) is 6.56. The number of rotatable bonds is 11. The second-order valence-electron chi connectivity index (χ2n) is 9.30. The van der Waals surface area contributed by atoms with E-state index < -0.39 is 17.7 Å². The van der Waals surface area contributed by atoms with Crippen molar-refractivity contribution in [2.45, 2.75) is 35.9 Å². The van der Waals surface area contributed by atoms with Gasteiger partial charge in [-0.3, -0.25) is 14.5 Å². The highest BCUT2D eigenvalue weighted by Gasteiger charge is 2.48. The number of carbonyl (C=O) groups is 2. The number of aromatic nitrogens is 2. The maximum absolute atomic E-state index is 13.5. The summed E-state index contributed by atoms with van der Waals surface area (Å²) in [5, 5.41) is 20.2. The van der Waals surface area contributed by atoms with Crippen LogP contribution in [0.15, 0.2) is 88.8 Å². The zero-order valence-electron chi connectivity index (χ0n) is 22.6. The fraction of sp³-hybridized carbons (Fsp3) is 0.226. The highest BCUT2D eigenvalue weighted by molar-refractivity contribution is 8.00. The van der Waals surface area contributed by atoms with Gasteiger partial charge in [0.25, 0.3) is 5.78 Å². The lowest BCUT2D eigenvalue weighted by Gasteiger charge is -2.23. The standard InChI is InChI=1S/C31H29N3O5S2/c1-3-4-17-39-23-15-13-21(14-16-23)27(35)25-26(22-11-8-12-24(18-22)38-2)34(29(37)28(25)36)30-32-33-31(41-30)40-19-20-9-6-5-7-10-20/h5-16,18,26,35H,3-4,17,19H2,1-2H3/t26-/m0/s1. The van der Waals surface area contributed by atoms with Gasteiger partial charge in [-0.1, -0.05) is 78.9 Å². The van der Waals surface area contributed by atoms with Crippen LogP contribution in [-0.4, -0.2) is 40.7 Å². The number of methoxy groups -OCH3 is 1. The maximum Gasteiger partial charge on any atom is 0.301 e. The molecule has 1 aromatic heterocycles. The first-order valence-electron chi connectivity index (χ1n) is 13.2. The topological polar surface area (TPSA) is 102 Å². The SMILES string of the molecule is CCCCOc1ccc(C(O)=C2C(=O)C(=O)N(c3nnc(SCc4ccccc4)s3)[C@H]2c2cccc(OC)c2)cc1. The van der Waals surface area contributed by atoms with Gasteiger partial charge >= 0.3 is 5.91 Å². The summed E-state index contributed by atoms with van der Waals surface area (Å²) in [6.07, 6.45) is 1.95. The van der Waals surface area contributed by atoms with E-state index in [1.807, 2.05) is 30.3 Å². The summed E-state index contributed by atoms with van der Waals surface area (Å²) in [7, 11) is 1.54. The molecule has 0 bridgehead atoms. The number of Topliss-reactive ketones (excluding diaryl/α,β-unsaturated/α-hetero) is 1. The van der Waals surface area contributed by atoms with Crippen LogP contribution in [0.25, 0.3) is 5.76 Å². The normalized spacial score (nSPS) is 16.2. The lowest BCUT2D eigenvalue weighted by atomic mass is 9.95. The smallest absolute Gasteiger partial charge is 0.301 e. The Morgan fingerprint density at radius 2 is 1.78 bits per heavy atom. The van der Waals surface area contributed by atoms with Crippen molar-refractivity contribution in [2.24, 2.45) is 0 Å². The highest BCUT2D eigenvalue weighted by atomic mass is 32.2. The van der Waals surface area contributed by atoms with Crippen molar-refractivity contribution in [3.05, 3.63) is 101 Å². The summed E-state index contributed by atoms with van der Waals surface area (Å²) in [5.41, 5.74) is 2.10. The van der Waals surface area contributed by atoms with Crippen molar-refractivity contribution >= 4 is 45.7 Å². The number of ketones is 1. The van der Waals surface area contributed by atoms with Gasteiger partial charge in [0.15, 0.2) is 4.34 Å². The molecule has 1 atom stereocenters. The quantitative estimate of drug-likeness (QED) is 0.0520. The van der Waals surface area contributed by atoms with E-state index in [4.69, 9.17) is 9.47 Å². The number of ether oxygens (including phenoxy) is 2. The fourth-order valence-electron chi connectivity index (χ4n) is 4.43. The molecule has 0 unspecified atom stereocenters. The molecule has 0 radical (unpaired) electrons. The van der Waals surface area contributed by atoms with Crippen LogP contribution >= 0.6 is 23.1 Å². The second-order valence-corrected chi connectivity index (χ2v) is 11.5. The average Bonchev–Trinajstić information content (AvgIpc) is 3.58. The van der Waals surface area contributed by atoms with E-state index in [0.717, 1.165) is 18.4 Å². The zero-order chi connectivity index (χ0) is 28.8. The van der Waals surface area contributed by atoms with E-state index >= 15 is 0 Å². The van der Waals surface area contributed by atoms with Crippen molar-refractivity contribution in [3.63, 3.8) is 0 Å². The summed E-state index contributed by atoms with van der Waals surface area (Å²) >= 11 is 2.73. The molecule has 1 amide bonds. The highest BCUT2D eigenvalue weighted by Crippen LogP contribution is 2.44. The van der Waals surface area contributed by atoms with Crippen LogP contribution in [0.2, 0.25) is 0 Å². The first kappa shape index (κ1) is 28.4. The first-order valence-corrected chi connectivity index (χ1v) is 15.0. The lowest BCUT2D eigenvalue weighted by Crippen LogP contribution is -2.29. The summed E-state index contributed by atoms with van der Waals surface area (Å²) in [6, 6.07) is 23.0. The molecule has 210 valence electrons. The molecule has 1 aliphatic rings. The Kier molecular flexibility index (Phi) is 9.01. The van der Waals surface area contributed by atoms with E-state index in [1.165, 1.54) is 28.0 Å². The van der Waals surface area contributed by atoms with Crippen molar-refractivity contribution < 1.29 is 24.2 Å². The Bertz CT molecular complexity index is 1550. The van der Waals surface area contributed by atoms with Crippen LogP contribution in [0.4, 0.5) is 5.13 Å². The Balaban J connectivity index is 1.51. The molecule has 1 saturated heterocycles. The molecule has 3 aromatic carbocycles. The Labute approximate surface area is 246 Å². The molecule has 0 spiro atoms. The van der Waals surface area contributed by atoms with Crippen LogP contribution in [0.3, 0.4) is 0 Å². The number of unbranched alkanes of at least 4 members (excludes halogenated alkanes) is 1. The van der Waals surface area contributed by atoms with Gasteiger partial charge in [0, 0.05) is 11.3 Å². The average molecular weight is 588 g/mol. The number of anilines is 1. The van der Waals surface area contributed by atoms with Gasteiger partial charge in [-0.15, -0.1) is 10.2 Å². The van der Waals surface area contributed by atoms with Crippen LogP contribution in [0.5, 0.6) is 11.5 Å². The number of aliphatic hydroxyl groups is 1. The van der Waals surface area contributed by atoms with Gasteiger partial charge in [0.05, 0.1) is 25.3 Å². The molecule has 0 aliphatic carbocycles. The largest absolute Gasteiger partial charge is 0.507 e. The van der Waals surface area contributed by atoms with Crippen molar-refractivity contribution in [2.75, 3.05) is 18.6 Å². The predicted octanol–water partition coefficient (Wildman–Crippen LogP) is 6.64. The fourth-order valence-corrected chi connectivity index (χ4v) is 6.26. The van der Waals surface area contributed by atoms with Gasteiger partial charge < -0.3 is 14.6 Å². The molecule has 4 aromatic rings. The minimum atomic E-state index is -0.925. The first-order chi connectivity index (χ1) is 20.0. The van der Waals surface area contributed by atoms with E-state index in [9.17, 15) is 14.7 Å². The van der Waals surface area contributed by atoms with Crippen molar-refractivity contribution in [1.29, 1.82) is 0 Å². The van der Waals surface area contributed by atoms with Gasteiger partial charge in [0.1, 0.15) is 17.3 Å². The predicted molar refractivity (Wildman–Crippen MR) is 161 cm³/mol. The molecule has 1 N–H and O–H groups in total. The third kappa shape index (κ3) is 6.28. The molecule has 8 nitrogen and oxygen atoms in total. The van der Waals surface area contributed by atoms with E-state index in [-0.39, 0.29) is 16.5 Å².